The van der Waals surface area contributed by atoms with Gasteiger partial charge < -0.3 is 19.0 Å². The second-order valence-electron chi connectivity index (χ2n) is 7.65. The molecule has 1 amide bonds. The summed E-state index contributed by atoms with van der Waals surface area (Å²) in [4.78, 5) is 20.0. The Hall–Kier alpha value is -2.71. The van der Waals surface area contributed by atoms with Gasteiger partial charge in [0, 0.05) is 25.7 Å². The zero-order valence-electron chi connectivity index (χ0n) is 17.0. The first-order chi connectivity index (χ1) is 14.0. The molecule has 0 bridgehead atoms. The van der Waals surface area contributed by atoms with E-state index >= 15 is 0 Å². The molecule has 1 aliphatic heterocycles. The highest BCUT2D eigenvalue weighted by Crippen LogP contribution is 2.27. The van der Waals surface area contributed by atoms with Crippen LogP contribution in [0.5, 0.6) is 0 Å². The Bertz CT molecular complexity index is 974. The fourth-order valence-electron chi connectivity index (χ4n) is 3.81. The summed E-state index contributed by atoms with van der Waals surface area (Å²) in [6.45, 7) is 9.94. The summed E-state index contributed by atoms with van der Waals surface area (Å²) in [5, 5.41) is 7.73. The van der Waals surface area contributed by atoms with Crippen LogP contribution >= 0.6 is 0 Å². The average Bonchev–Trinajstić information content (AvgIpc) is 3.38. The maximum Gasteiger partial charge on any atom is 0.259 e. The number of aryl methyl sites for hydroxylation is 1. The van der Waals surface area contributed by atoms with E-state index in [1.807, 2.05) is 6.92 Å². The number of amides is 1. The number of aromatic nitrogens is 2. The molecule has 154 valence electrons. The van der Waals surface area contributed by atoms with E-state index in [9.17, 15) is 4.79 Å². The first-order valence-electron chi connectivity index (χ1n) is 9.95. The third-order valence-corrected chi connectivity index (χ3v) is 5.39. The molecule has 8 heteroatoms. The van der Waals surface area contributed by atoms with Crippen molar-refractivity contribution in [2.24, 2.45) is 5.92 Å². The SMILES string of the molecule is Cc1noc2nc(-c3ccco3)cc(C(=O)NCC(C(C)C)N3CCOCC3)c12. The van der Waals surface area contributed by atoms with Crippen LogP contribution in [0, 0.1) is 12.8 Å². The summed E-state index contributed by atoms with van der Waals surface area (Å²) in [6.07, 6.45) is 1.57. The predicted octanol–water partition coefficient (Wildman–Crippen LogP) is 2.88. The zero-order valence-corrected chi connectivity index (χ0v) is 17.0. The molecule has 4 heterocycles. The highest BCUT2D eigenvalue weighted by molar-refractivity contribution is 6.06. The molecule has 1 atom stereocenters. The van der Waals surface area contributed by atoms with Crippen LogP contribution in [-0.2, 0) is 4.74 Å². The topological polar surface area (TPSA) is 93.6 Å². The van der Waals surface area contributed by atoms with Crippen molar-refractivity contribution in [2.75, 3.05) is 32.8 Å². The second-order valence-corrected chi connectivity index (χ2v) is 7.65. The molecule has 1 saturated heterocycles. The number of nitrogens with zero attached hydrogens (tertiary/aromatic N) is 3. The molecular weight excluding hydrogens is 372 g/mol. The Morgan fingerprint density at radius 1 is 1.31 bits per heavy atom. The van der Waals surface area contributed by atoms with E-state index < -0.39 is 0 Å². The van der Waals surface area contributed by atoms with E-state index in [-0.39, 0.29) is 11.9 Å². The van der Waals surface area contributed by atoms with Crippen LogP contribution in [0.15, 0.2) is 33.4 Å². The lowest BCUT2D eigenvalue weighted by atomic mass is 10.0. The normalized spacial score (nSPS) is 16.4. The van der Waals surface area contributed by atoms with Gasteiger partial charge in [-0.25, -0.2) is 4.98 Å². The molecule has 1 fully saturated rings. The van der Waals surface area contributed by atoms with Crippen LogP contribution in [0.25, 0.3) is 22.6 Å². The average molecular weight is 398 g/mol. The number of nitrogens with one attached hydrogen (secondary N) is 1. The summed E-state index contributed by atoms with van der Waals surface area (Å²) in [7, 11) is 0. The second kappa shape index (κ2) is 8.34. The standard InChI is InChI=1S/C21H26N4O4/c1-13(2)17(25-6-9-27-10-7-25)12-22-20(26)15-11-16(18-5-4-8-28-18)23-21-19(15)14(3)24-29-21/h4-5,8,11,13,17H,6-7,9-10,12H2,1-3H3,(H,22,26). The number of ether oxygens (including phenoxy) is 1. The predicted molar refractivity (Wildman–Crippen MR) is 108 cm³/mol. The quantitative estimate of drug-likeness (QED) is 0.682. The lowest BCUT2D eigenvalue weighted by Crippen LogP contribution is -2.51. The largest absolute Gasteiger partial charge is 0.463 e. The van der Waals surface area contributed by atoms with E-state index in [0.717, 1.165) is 26.3 Å². The van der Waals surface area contributed by atoms with Crippen LogP contribution < -0.4 is 5.32 Å². The first-order valence-corrected chi connectivity index (χ1v) is 9.95. The maximum absolute atomic E-state index is 13.2. The molecule has 0 radical (unpaired) electrons. The Morgan fingerprint density at radius 2 is 2.10 bits per heavy atom. The molecule has 4 rings (SSSR count). The van der Waals surface area contributed by atoms with Crippen LogP contribution in [0.3, 0.4) is 0 Å². The van der Waals surface area contributed by atoms with Gasteiger partial charge in [-0.05, 0) is 31.0 Å². The van der Waals surface area contributed by atoms with Gasteiger partial charge in [-0.1, -0.05) is 19.0 Å². The molecule has 0 aliphatic carbocycles. The smallest absolute Gasteiger partial charge is 0.259 e. The van der Waals surface area contributed by atoms with Crippen molar-refractivity contribution < 1.29 is 18.5 Å². The number of hydrogen-bond donors (Lipinski definition) is 1. The molecule has 29 heavy (non-hydrogen) atoms. The highest BCUT2D eigenvalue weighted by atomic mass is 16.5. The minimum absolute atomic E-state index is 0.171. The Balaban J connectivity index is 1.59. The fraction of sp³-hybridized carbons (Fsp3) is 0.476. The first kappa shape index (κ1) is 19.6. The molecule has 0 aromatic carbocycles. The van der Waals surface area contributed by atoms with Crippen molar-refractivity contribution in [1.29, 1.82) is 0 Å². The summed E-state index contributed by atoms with van der Waals surface area (Å²) in [5.41, 5.74) is 1.99. The number of pyridine rings is 1. The van der Waals surface area contributed by atoms with Gasteiger partial charge in [-0.2, -0.15) is 0 Å². The fourth-order valence-corrected chi connectivity index (χ4v) is 3.81. The summed E-state index contributed by atoms with van der Waals surface area (Å²) in [5.74, 6) is 0.806. The highest BCUT2D eigenvalue weighted by Gasteiger charge is 2.26. The van der Waals surface area contributed by atoms with Gasteiger partial charge in [-0.3, -0.25) is 9.69 Å². The van der Waals surface area contributed by atoms with Gasteiger partial charge in [0.15, 0.2) is 5.76 Å². The summed E-state index contributed by atoms with van der Waals surface area (Å²) < 4.78 is 16.2. The van der Waals surface area contributed by atoms with Crippen molar-refractivity contribution in [3.8, 4) is 11.5 Å². The number of rotatable bonds is 6. The van der Waals surface area contributed by atoms with Crippen LogP contribution in [0.4, 0.5) is 0 Å². The van der Waals surface area contributed by atoms with Crippen molar-refractivity contribution >= 4 is 17.0 Å². The van der Waals surface area contributed by atoms with Crippen molar-refractivity contribution in [2.45, 2.75) is 26.8 Å². The minimum atomic E-state index is -0.171. The van der Waals surface area contributed by atoms with Crippen molar-refractivity contribution in [3.05, 3.63) is 35.7 Å². The molecule has 8 nitrogen and oxygen atoms in total. The zero-order chi connectivity index (χ0) is 20.4. The van der Waals surface area contributed by atoms with Gasteiger partial charge >= 0.3 is 0 Å². The number of carbonyl (C=O) groups excluding carboxylic acids is 1. The maximum atomic E-state index is 13.2. The lowest BCUT2D eigenvalue weighted by molar-refractivity contribution is 0.00673. The van der Waals surface area contributed by atoms with E-state index in [4.69, 9.17) is 13.7 Å². The van der Waals surface area contributed by atoms with Gasteiger partial charge in [0.2, 0.25) is 0 Å². The third-order valence-electron chi connectivity index (χ3n) is 5.39. The van der Waals surface area contributed by atoms with Crippen molar-refractivity contribution in [1.82, 2.24) is 20.4 Å². The number of fused-ring (bicyclic) bond motifs is 1. The Kier molecular flexibility index (Phi) is 5.64. The Labute approximate surface area is 169 Å². The number of hydrogen-bond acceptors (Lipinski definition) is 7. The number of morpholine rings is 1. The van der Waals surface area contributed by atoms with E-state index in [2.05, 4.69) is 34.2 Å². The van der Waals surface area contributed by atoms with E-state index in [1.54, 1.807) is 24.5 Å². The van der Waals surface area contributed by atoms with Gasteiger partial charge in [-0.15, -0.1) is 0 Å². The van der Waals surface area contributed by atoms with Gasteiger partial charge in [0.25, 0.3) is 11.6 Å². The summed E-state index contributed by atoms with van der Waals surface area (Å²) >= 11 is 0. The third kappa shape index (κ3) is 4.04. The minimum Gasteiger partial charge on any atom is -0.463 e. The van der Waals surface area contributed by atoms with E-state index in [0.29, 0.717) is 46.3 Å². The number of furan rings is 1. The summed E-state index contributed by atoms with van der Waals surface area (Å²) in [6, 6.07) is 5.56. The van der Waals surface area contributed by atoms with Crippen LogP contribution in [0.1, 0.15) is 29.9 Å². The molecule has 1 N–H and O–H groups in total. The molecule has 0 saturated carbocycles. The molecule has 1 unspecified atom stereocenters. The van der Waals surface area contributed by atoms with Crippen LogP contribution in [0.2, 0.25) is 0 Å². The van der Waals surface area contributed by atoms with Crippen LogP contribution in [-0.4, -0.2) is 59.8 Å². The number of carbonyl (C=O) groups is 1. The van der Waals surface area contributed by atoms with E-state index in [1.165, 1.54) is 0 Å². The van der Waals surface area contributed by atoms with Gasteiger partial charge in [0.05, 0.1) is 36.1 Å². The molecule has 1 aliphatic rings. The monoisotopic (exact) mass is 398 g/mol. The lowest BCUT2D eigenvalue weighted by Gasteiger charge is -2.36. The molecule has 0 spiro atoms. The van der Waals surface area contributed by atoms with Gasteiger partial charge in [0.1, 0.15) is 5.69 Å². The molecular formula is C21H26N4O4. The molecule has 3 aromatic heterocycles. The van der Waals surface area contributed by atoms with Crippen molar-refractivity contribution in [3.63, 3.8) is 0 Å². The molecule has 3 aromatic rings. The Morgan fingerprint density at radius 3 is 2.79 bits per heavy atom.